The standard InChI is InChI=1S/C20H20ClN3OS/c1-13-17(16-6-4-5-7-18(16)24(13)2)12-22-23-20(25)11-14-10-15(21)8-9-19(14)26-3/h4-10,12H,11H2,1-3H3,(H,23,25)/b22-12-. The van der Waals surface area contributed by atoms with E-state index in [4.69, 9.17) is 11.6 Å². The Morgan fingerprint density at radius 2 is 2.08 bits per heavy atom. The van der Waals surface area contributed by atoms with Gasteiger partial charge in [-0.1, -0.05) is 29.8 Å². The maximum atomic E-state index is 12.3. The molecule has 0 unspecified atom stereocenters. The molecule has 0 saturated carbocycles. The van der Waals surface area contributed by atoms with Crippen molar-refractivity contribution in [3.63, 3.8) is 0 Å². The molecule has 134 valence electrons. The number of halogens is 1. The normalized spacial score (nSPS) is 11.4. The molecule has 0 radical (unpaired) electrons. The summed E-state index contributed by atoms with van der Waals surface area (Å²) in [4.78, 5) is 13.3. The number of aromatic nitrogens is 1. The van der Waals surface area contributed by atoms with E-state index in [1.165, 1.54) is 0 Å². The number of hydrazone groups is 1. The van der Waals surface area contributed by atoms with Crippen molar-refractivity contribution in [3.8, 4) is 0 Å². The molecule has 0 aliphatic carbocycles. The van der Waals surface area contributed by atoms with Crippen LogP contribution in [0.2, 0.25) is 5.02 Å². The van der Waals surface area contributed by atoms with Crippen molar-refractivity contribution in [2.24, 2.45) is 12.1 Å². The molecule has 0 fully saturated rings. The summed E-state index contributed by atoms with van der Waals surface area (Å²) in [5.41, 5.74) is 6.77. The molecule has 6 heteroatoms. The van der Waals surface area contributed by atoms with Gasteiger partial charge in [-0.05, 0) is 43.0 Å². The van der Waals surface area contributed by atoms with Crippen molar-refractivity contribution in [1.29, 1.82) is 0 Å². The number of benzene rings is 2. The highest BCUT2D eigenvalue weighted by Gasteiger charge is 2.10. The second-order valence-electron chi connectivity index (χ2n) is 6.00. The fourth-order valence-corrected chi connectivity index (χ4v) is 3.77. The van der Waals surface area contributed by atoms with Crippen molar-refractivity contribution in [3.05, 3.63) is 64.3 Å². The van der Waals surface area contributed by atoms with Crippen LogP contribution >= 0.6 is 23.4 Å². The minimum absolute atomic E-state index is 0.170. The van der Waals surface area contributed by atoms with Gasteiger partial charge in [0.25, 0.3) is 0 Å². The predicted octanol–water partition coefficient (Wildman–Crippen LogP) is 4.55. The molecule has 0 aliphatic rings. The highest BCUT2D eigenvalue weighted by atomic mass is 35.5. The summed E-state index contributed by atoms with van der Waals surface area (Å²) in [6.07, 6.45) is 3.93. The fraction of sp³-hybridized carbons (Fsp3) is 0.200. The molecule has 0 aliphatic heterocycles. The van der Waals surface area contributed by atoms with Crippen molar-refractivity contribution in [2.75, 3.05) is 6.26 Å². The molecule has 1 amide bonds. The molecule has 3 rings (SSSR count). The van der Waals surface area contributed by atoms with Crippen molar-refractivity contribution < 1.29 is 4.79 Å². The van der Waals surface area contributed by atoms with Crippen LogP contribution in [0.1, 0.15) is 16.8 Å². The molecule has 0 bridgehead atoms. The molecule has 0 saturated heterocycles. The summed E-state index contributed by atoms with van der Waals surface area (Å²) in [5, 5.41) is 5.90. The minimum Gasteiger partial charge on any atom is -0.347 e. The maximum absolute atomic E-state index is 12.3. The number of hydrogen-bond acceptors (Lipinski definition) is 3. The molecule has 3 aromatic rings. The van der Waals surface area contributed by atoms with Gasteiger partial charge in [-0.2, -0.15) is 5.10 Å². The molecule has 4 nitrogen and oxygen atoms in total. The predicted molar refractivity (Wildman–Crippen MR) is 110 cm³/mol. The molecule has 26 heavy (non-hydrogen) atoms. The number of amides is 1. The third-order valence-corrected chi connectivity index (χ3v) is 5.50. The highest BCUT2D eigenvalue weighted by molar-refractivity contribution is 7.98. The Morgan fingerprint density at radius 3 is 2.85 bits per heavy atom. The number of aryl methyl sites for hydroxylation is 1. The Bertz CT molecular complexity index is 994. The number of thioether (sulfide) groups is 1. The average Bonchev–Trinajstić information content (AvgIpc) is 2.87. The number of hydrogen-bond donors (Lipinski definition) is 1. The smallest absolute Gasteiger partial charge is 0.244 e. The van der Waals surface area contributed by atoms with Crippen LogP contribution in [0.5, 0.6) is 0 Å². The zero-order valence-corrected chi connectivity index (χ0v) is 16.5. The van der Waals surface area contributed by atoms with E-state index < -0.39 is 0 Å². The number of carbonyl (C=O) groups excluding carboxylic acids is 1. The van der Waals surface area contributed by atoms with Crippen molar-refractivity contribution in [1.82, 2.24) is 9.99 Å². The van der Waals surface area contributed by atoms with Crippen molar-refractivity contribution in [2.45, 2.75) is 18.2 Å². The van der Waals surface area contributed by atoms with Crippen LogP contribution in [-0.2, 0) is 18.3 Å². The Kier molecular flexibility index (Phi) is 5.69. The van der Waals surface area contributed by atoms with E-state index >= 15 is 0 Å². The van der Waals surface area contributed by atoms with Gasteiger partial charge in [-0.25, -0.2) is 5.43 Å². The summed E-state index contributed by atoms with van der Waals surface area (Å²) < 4.78 is 2.12. The van der Waals surface area contributed by atoms with Crippen LogP contribution in [0.3, 0.4) is 0 Å². The first-order chi connectivity index (χ1) is 12.5. The third kappa shape index (κ3) is 3.79. The average molecular weight is 386 g/mol. The van der Waals surface area contributed by atoms with Gasteiger partial charge in [0.2, 0.25) is 5.91 Å². The van der Waals surface area contributed by atoms with Gasteiger partial charge in [-0.3, -0.25) is 4.79 Å². The number of nitrogens with zero attached hydrogens (tertiary/aromatic N) is 2. The molecule has 1 heterocycles. The van der Waals surface area contributed by atoms with Gasteiger partial charge in [0.05, 0.1) is 12.6 Å². The first-order valence-corrected chi connectivity index (χ1v) is 9.80. The van der Waals surface area contributed by atoms with E-state index in [0.717, 1.165) is 32.6 Å². The van der Waals surface area contributed by atoms with Crippen LogP contribution in [-0.4, -0.2) is 22.9 Å². The second-order valence-corrected chi connectivity index (χ2v) is 7.29. The second kappa shape index (κ2) is 7.98. The molecule has 0 spiro atoms. The van der Waals surface area contributed by atoms with Crippen molar-refractivity contribution >= 4 is 46.4 Å². The zero-order valence-electron chi connectivity index (χ0n) is 14.9. The Balaban J connectivity index is 1.75. The number of carbonyl (C=O) groups is 1. The minimum atomic E-state index is -0.170. The molecule has 1 aromatic heterocycles. The maximum Gasteiger partial charge on any atom is 0.244 e. The van der Waals surface area contributed by atoms with Crippen LogP contribution < -0.4 is 5.43 Å². The zero-order chi connectivity index (χ0) is 18.7. The summed E-state index contributed by atoms with van der Waals surface area (Å²) in [6.45, 7) is 2.04. The third-order valence-electron chi connectivity index (χ3n) is 4.42. The van der Waals surface area contributed by atoms with Gasteiger partial charge in [-0.15, -0.1) is 11.8 Å². The monoisotopic (exact) mass is 385 g/mol. The highest BCUT2D eigenvalue weighted by Crippen LogP contribution is 2.25. The quantitative estimate of drug-likeness (QED) is 0.397. The summed E-state index contributed by atoms with van der Waals surface area (Å²) in [6, 6.07) is 13.7. The van der Waals surface area contributed by atoms with Gasteiger partial charge in [0.15, 0.2) is 0 Å². The molecule has 2 aromatic carbocycles. The van der Waals surface area contributed by atoms with Gasteiger partial charge in [0, 0.05) is 39.1 Å². The largest absolute Gasteiger partial charge is 0.347 e. The molecular formula is C20H20ClN3OS. The molecule has 0 atom stereocenters. The number of rotatable bonds is 5. The molecular weight excluding hydrogens is 366 g/mol. The molecule has 1 N–H and O–H groups in total. The van der Waals surface area contributed by atoms with E-state index in [0.29, 0.717) is 5.02 Å². The van der Waals surface area contributed by atoms with E-state index in [-0.39, 0.29) is 12.3 Å². The Hall–Kier alpha value is -2.24. The van der Waals surface area contributed by atoms with Gasteiger partial charge in [0.1, 0.15) is 0 Å². The van der Waals surface area contributed by atoms with Crippen LogP contribution in [0.15, 0.2) is 52.5 Å². The lowest BCUT2D eigenvalue weighted by atomic mass is 10.1. The van der Waals surface area contributed by atoms with E-state index in [1.807, 2.05) is 50.6 Å². The van der Waals surface area contributed by atoms with Gasteiger partial charge >= 0.3 is 0 Å². The van der Waals surface area contributed by atoms with Crippen LogP contribution in [0.4, 0.5) is 0 Å². The fourth-order valence-electron chi connectivity index (χ4n) is 2.98. The Morgan fingerprint density at radius 1 is 1.31 bits per heavy atom. The first kappa shape index (κ1) is 18.5. The van der Waals surface area contributed by atoms with Crippen LogP contribution in [0, 0.1) is 6.92 Å². The lowest BCUT2D eigenvalue weighted by Gasteiger charge is -2.07. The first-order valence-electron chi connectivity index (χ1n) is 8.19. The van der Waals surface area contributed by atoms with E-state index in [1.54, 1.807) is 18.0 Å². The van der Waals surface area contributed by atoms with Crippen LogP contribution in [0.25, 0.3) is 10.9 Å². The number of para-hydroxylation sites is 1. The lowest BCUT2D eigenvalue weighted by molar-refractivity contribution is -0.120. The van der Waals surface area contributed by atoms with E-state index in [9.17, 15) is 4.79 Å². The number of nitrogens with one attached hydrogen (secondary N) is 1. The summed E-state index contributed by atoms with van der Waals surface area (Å²) in [5.74, 6) is -0.170. The summed E-state index contributed by atoms with van der Waals surface area (Å²) in [7, 11) is 2.02. The number of fused-ring (bicyclic) bond motifs is 1. The van der Waals surface area contributed by atoms with E-state index in [2.05, 4.69) is 27.2 Å². The topological polar surface area (TPSA) is 46.4 Å². The SMILES string of the molecule is CSc1ccc(Cl)cc1CC(=O)N/N=C\c1c(C)n(C)c2ccccc12. The lowest BCUT2D eigenvalue weighted by Crippen LogP contribution is -2.20. The summed E-state index contributed by atoms with van der Waals surface area (Å²) >= 11 is 7.64. The Labute approximate surface area is 162 Å². The van der Waals surface area contributed by atoms with Gasteiger partial charge < -0.3 is 4.57 Å².